The van der Waals surface area contributed by atoms with Crippen molar-refractivity contribution >= 4 is 36.0 Å². The number of nitrogens with two attached hydrogens (primary N) is 1. The number of nitrogens with one attached hydrogen (secondary N) is 1. The molecule has 0 aromatic carbocycles. The van der Waals surface area contributed by atoms with Crippen molar-refractivity contribution in [2.75, 3.05) is 12.4 Å². The van der Waals surface area contributed by atoms with Gasteiger partial charge in [0.25, 0.3) is 0 Å². The van der Waals surface area contributed by atoms with Gasteiger partial charge in [0.1, 0.15) is 11.6 Å². The van der Waals surface area contributed by atoms with Gasteiger partial charge in [-0.2, -0.15) is 0 Å². The second kappa shape index (κ2) is 8.03. The zero-order valence-electron chi connectivity index (χ0n) is 9.39. The highest BCUT2D eigenvalue weighted by atomic mass is 35.5. The lowest BCUT2D eigenvalue weighted by molar-refractivity contribution is 0.0488. The monoisotopic (exact) mass is 278 g/mol. The first-order valence-corrected chi connectivity index (χ1v) is 5.95. The zero-order valence-corrected chi connectivity index (χ0v) is 11.0. The third-order valence-corrected chi connectivity index (χ3v) is 2.64. The summed E-state index contributed by atoms with van der Waals surface area (Å²) in [5, 5.41) is 7.04. The van der Waals surface area contributed by atoms with Crippen molar-refractivity contribution in [1.29, 1.82) is 5.41 Å². The Hall–Kier alpha value is -1.14. The van der Waals surface area contributed by atoms with Crippen LogP contribution in [0.2, 0.25) is 0 Å². The molecule has 0 atom stereocenters. The quantitative estimate of drug-likeness (QED) is 0.472. The average Bonchev–Trinajstić information content (AvgIpc) is 2.66. The molecule has 0 saturated carbocycles. The second-order valence-electron chi connectivity index (χ2n) is 3.00. The first-order chi connectivity index (χ1) is 7.63. The fourth-order valence-corrected chi connectivity index (χ4v) is 1.71. The number of hydrogen-bond acceptors (Lipinski definition) is 5. The molecule has 0 saturated heterocycles. The lowest BCUT2D eigenvalue weighted by Gasteiger charge is -1.98. The number of rotatable bonds is 6. The normalized spacial score (nSPS) is 9.47. The van der Waals surface area contributed by atoms with E-state index in [9.17, 15) is 4.79 Å². The maximum atomic E-state index is 11.3. The van der Waals surface area contributed by atoms with E-state index in [0.29, 0.717) is 23.9 Å². The maximum Gasteiger partial charge on any atom is 0.374 e. The minimum atomic E-state index is -0.453. The average molecular weight is 279 g/mol. The second-order valence-corrected chi connectivity index (χ2v) is 3.99. The predicted molar refractivity (Wildman–Crippen MR) is 70.0 cm³/mol. The summed E-state index contributed by atoms with van der Waals surface area (Å²) in [6.45, 7) is 2.07. The molecule has 17 heavy (non-hydrogen) atoms. The Morgan fingerprint density at radius 3 is 2.88 bits per heavy atom. The molecular formula is C10H15ClN2O3S. The van der Waals surface area contributed by atoms with Crippen LogP contribution < -0.4 is 5.73 Å². The molecule has 0 unspecified atom stereocenters. The summed E-state index contributed by atoms with van der Waals surface area (Å²) in [5.74, 6) is 1.59. The Balaban J connectivity index is 0.00000256. The Morgan fingerprint density at radius 2 is 2.29 bits per heavy atom. The van der Waals surface area contributed by atoms with Crippen LogP contribution in [-0.2, 0) is 10.5 Å². The summed E-state index contributed by atoms with van der Waals surface area (Å²) >= 11 is 1.46. The molecule has 0 amide bonds. The molecule has 0 fully saturated rings. The first kappa shape index (κ1) is 15.9. The van der Waals surface area contributed by atoms with Gasteiger partial charge in [-0.1, -0.05) is 0 Å². The molecule has 1 aromatic heterocycles. The van der Waals surface area contributed by atoms with Gasteiger partial charge in [0.15, 0.2) is 0 Å². The highest BCUT2D eigenvalue weighted by Gasteiger charge is 2.11. The molecule has 7 heteroatoms. The van der Waals surface area contributed by atoms with Crippen LogP contribution in [-0.4, -0.2) is 24.2 Å². The number of carbonyl (C=O) groups excluding carboxylic acids is 1. The van der Waals surface area contributed by atoms with Crippen LogP contribution in [0, 0.1) is 5.41 Å². The number of ether oxygens (including phenoxy) is 1. The topological polar surface area (TPSA) is 89.3 Å². The van der Waals surface area contributed by atoms with Gasteiger partial charge >= 0.3 is 5.97 Å². The molecule has 3 N–H and O–H groups in total. The lowest BCUT2D eigenvalue weighted by Crippen LogP contribution is -2.12. The van der Waals surface area contributed by atoms with E-state index >= 15 is 0 Å². The van der Waals surface area contributed by atoms with Crippen molar-refractivity contribution < 1.29 is 13.9 Å². The summed E-state index contributed by atoms with van der Waals surface area (Å²) in [5.41, 5.74) is 5.21. The van der Waals surface area contributed by atoms with Crippen LogP contribution in [0.1, 0.15) is 23.2 Å². The largest absolute Gasteiger partial charge is 0.460 e. The summed E-state index contributed by atoms with van der Waals surface area (Å²) < 4.78 is 10.1. The summed E-state index contributed by atoms with van der Waals surface area (Å²) in [7, 11) is 0. The van der Waals surface area contributed by atoms with Gasteiger partial charge in [-0.3, -0.25) is 5.41 Å². The number of thioether (sulfide) groups is 1. The van der Waals surface area contributed by atoms with Crippen LogP contribution >= 0.6 is 24.2 Å². The lowest BCUT2D eigenvalue weighted by atomic mass is 10.4. The summed E-state index contributed by atoms with van der Waals surface area (Å²) in [6.07, 6.45) is 0. The molecule has 0 spiro atoms. The molecule has 0 aliphatic heterocycles. The minimum Gasteiger partial charge on any atom is -0.460 e. The van der Waals surface area contributed by atoms with E-state index in [-0.39, 0.29) is 24.0 Å². The van der Waals surface area contributed by atoms with E-state index in [1.807, 2.05) is 0 Å². The van der Waals surface area contributed by atoms with Crippen molar-refractivity contribution in [2.24, 2.45) is 5.73 Å². The summed E-state index contributed by atoms with van der Waals surface area (Å²) in [4.78, 5) is 11.3. The first-order valence-electron chi connectivity index (χ1n) is 4.80. The van der Waals surface area contributed by atoms with E-state index in [4.69, 9.17) is 20.3 Å². The highest BCUT2D eigenvalue weighted by molar-refractivity contribution is 7.99. The van der Waals surface area contributed by atoms with E-state index in [0.717, 1.165) is 0 Å². The molecule has 1 aromatic rings. The number of carbonyl (C=O) groups is 1. The molecular weight excluding hydrogens is 264 g/mol. The van der Waals surface area contributed by atoms with Crippen molar-refractivity contribution in [3.63, 3.8) is 0 Å². The molecule has 0 aliphatic carbocycles. The van der Waals surface area contributed by atoms with Gasteiger partial charge in [-0.25, -0.2) is 4.79 Å². The predicted octanol–water partition coefficient (Wildman–Crippen LogP) is 2.05. The minimum absolute atomic E-state index is 0. The molecule has 1 heterocycles. The standard InChI is InChI=1S/C10H14N2O3S.ClH/c1-2-14-10(13)8-4-3-7(15-8)5-16-6-9(11)12;/h3-4H,2,5-6H2,1H3,(H3,11,12);1H. The van der Waals surface area contributed by atoms with Crippen LogP contribution in [0.5, 0.6) is 0 Å². The van der Waals surface area contributed by atoms with Gasteiger partial charge in [0, 0.05) is 0 Å². The van der Waals surface area contributed by atoms with Crippen molar-refractivity contribution in [2.45, 2.75) is 12.7 Å². The molecule has 0 aliphatic rings. The number of amidine groups is 1. The molecule has 0 radical (unpaired) electrons. The Kier molecular flexibility index (Phi) is 7.49. The third kappa shape index (κ3) is 5.65. The van der Waals surface area contributed by atoms with Crippen molar-refractivity contribution in [3.8, 4) is 0 Å². The Bertz CT molecular complexity index is 381. The SMILES string of the molecule is CCOC(=O)c1ccc(CSCC(=N)N)o1.Cl. The van der Waals surface area contributed by atoms with Gasteiger partial charge in [0.05, 0.1) is 18.1 Å². The molecule has 96 valence electrons. The maximum absolute atomic E-state index is 11.3. The van der Waals surface area contributed by atoms with Crippen molar-refractivity contribution in [1.82, 2.24) is 0 Å². The van der Waals surface area contributed by atoms with E-state index in [1.54, 1.807) is 19.1 Å². The van der Waals surface area contributed by atoms with E-state index < -0.39 is 5.97 Å². The Morgan fingerprint density at radius 1 is 1.59 bits per heavy atom. The number of halogens is 1. The third-order valence-electron chi connectivity index (χ3n) is 1.64. The van der Waals surface area contributed by atoms with E-state index in [1.165, 1.54) is 11.8 Å². The van der Waals surface area contributed by atoms with Gasteiger partial charge in [-0.15, -0.1) is 24.2 Å². The van der Waals surface area contributed by atoms with E-state index in [2.05, 4.69) is 0 Å². The fraction of sp³-hybridized carbons (Fsp3) is 0.400. The van der Waals surface area contributed by atoms with Crippen LogP contribution in [0.25, 0.3) is 0 Å². The van der Waals surface area contributed by atoms with Crippen molar-refractivity contribution in [3.05, 3.63) is 23.7 Å². The smallest absolute Gasteiger partial charge is 0.374 e. The van der Waals surface area contributed by atoms with Gasteiger partial charge in [0.2, 0.25) is 5.76 Å². The number of furan rings is 1. The zero-order chi connectivity index (χ0) is 12.0. The van der Waals surface area contributed by atoms with Crippen LogP contribution in [0.4, 0.5) is 0 Å². The molecule has 0 bridgehead atoms. The summed E-state index contributed by atoms with van der Waals surface area (Å²) in [6, 6.07) is 3.31. The Labute approximate surface area is 110 Å². The number of hydrogen-bond donors (Lipinski definition) is 2. The highest BCUT2D eigenvalue weighted by Crippen LogP contribution is 2.15. The van der Waals surface area contributed by atoms with Crippen LogP contribution in [0.3, 0.4) is 0 Å². The van der Waals surface area contributed by atoms with Crippen LogP contribution in [0.15, 0.2) is 16.5 Å². The molecule has 5 nitrogen and oxygen atoms in total. The fourth-order valence-electron chi connectivity index (χ4n) is 1.03. The molecule has 1 rings (SSSR count). The van der Waals surface area contributed by atoms with Gasteiger partial charge in [-0.05, 0) is 19.1 Å². The number of esters is 1. The van der Waals surface area contributed by atoms with Gasteiger partial charge < -0.3 is 14.9 Å².